The summed E-state index contributed by atoms with van der Waals surface area (Å²) in [6.07, 6.45) is 6.72. The summed E-state index contributed by atoms with van der Waals surface area (Å²) < 4.78 is 14.0. The Labute approximate surface area is 112 Å². The van der Waals surface area contributed by atoms with Crippen LogP contribution in [0.3, 0.4) is 0 Å². The highest BCUT2D eigenvalue weighted by atomic mass is 19.1. The summed E-state index contributed by atoms with van der Waals surface area (Å²) in [4.78, 5) is 0. The lowest BCUT2D eigenvalue weighted by Gasteiger charge is -2.29. The van der Waals surface area contributed by atoms with Crippen molar-refractivity contribution in [1.29, 1.82) is 0 Å². The molecular formula is C18H15F. The fourth-order valence-electron chi connectivity index (χ4n) is 3.46. The summed E-state index contributed by atoms with van der Waals surface area (Å²) in [5.74, 6) is 0.352. The van der Waals surface area contributed by atoms with Crippen LogP contribution in [0.25, 0.3) is 16.8 Å². The third kappa shape index (κ3) is 1.58. The van der Waals surface area contributed by atoms with Crippen molar-refractivity contribution in [2.24, 2.45) is 0 Å². The second kappa shape index (κ2) is 4.06. The maximum absolute atomic E-state index is 14.0. The Morgan fingerprint density at radius 2 is 1.89 bits per heavy atom. The molecule has 94 valence electrons. The van der Waals surface area contributed by atoms with E-state index in [1.165, 1.54) is 21.9 Å². The van der Waals surface area contributed by atoms with E-state index in [4.69, 9.17) is 0 Å². The van der Waals surface area contributed by atoms with Gasteiger partial charge in [-0.25, -0.2) is 4.39 Å². The molecule has 19 heavy (non-hydrogen) atoms. The number of benzene rings is 2. The topological polar surface area (TPSA) is 0 Å². The molecule has 4 rings (SSSR count). The molecule has 0 aliphatic heterocycles. The van der Waals surface area contributed by atoms with Crippen LogP contribution in [-0.4, -0.2) is 0 Å². The second-order valence-corrected chi connectivity index (χ2v) is 5.43. The highest BCUT2D eigenvalue weighted by molar-refractivity contribution is 5.93. The van der Waals surface area contributed by atoms with Crippen molar-refractivity contribution in [3.05, 3.63) is 65.0 Å². The Balaban J connectivity index is 2.01. The molecule has 2 aromatic carbocycles. The van der Waals surface area contributed by atoms with Crippen LogP contribution >= 0.6 is 0 Å². The number of rotatable bonds is 0. The molecule has 1 heteroatoms. The Morgan fingerprint density at radius 3 is 2.84 bits per heavy atom. The largest absolute Gasteiger partial charge is 0.212 e. The van der Waals surface area contributed by atoms with Gasteiger partial charge in [0.25, 0.3) is 0 Å². The van der Waals surface area contributed by atoms with Gasteiger partial charge in [-0.1, -0.05) is 48.6 Å². The van der Waals surface area contributed by atoms with Gasteiger partial charge in [-0.3, -0.25) is 0 Å². The molecule has 0 spiro atoms. The Bertz CT molecular complexity index is 722. The average Bonchev–Trinajstić information content (AvgIpc) is 2.47. The van der Waals surface area contributed by atoms with Crippen molar-refractivity contribution in [2.45, 2.75) is 25.2 Å². The van der Waals surface area contributed by atoms with Crippen LogP contribution in [0.4, 0.5) is 4.39 Å². The van der Waals surface area contributed by atoms with Gasteiger partial charge in [-0.05, 0) is 46.7 Å². The minimum atomic E-state index is 0.0892. The third-order valence-corrected chi connectivity index (χ3v) is 4.39. The van der Waals surface area contributed by atoms with Crippen molar-refractivity contribution in [3.63, 3.8) is 0 Å². The normalized spacial score (nSPS) is 21.4. The van der Waals surface area contributed by atoms with E-state index in [0.717, 1.165) is 18.4 Å². The van der Waals surface area contributed by atoms with Gasteiger partial charge < -0.3 is 0 Å². The summed E-state index contributed by atoms with van der Waals surface area (Å²) in [6.45, 7) is 0. The lowest BCUT2D eigenvalue weighted by Crippen LogP contribution is -2.12. The number of allylic oxidation sites excluding steroid dienone is 3. The van der Waals surface area contributed by atoms with Gasteiger partial charge >= 0.3 is 0 Å². The van der Waals surface area contributed by atoms with E-state index < -0.39 is 0 Å². The van der Waals surface area contributed by atoms with Crippen LogP contribution < -0.4 is 0 Å². The highest BCUT2D eigenvalue weighted by Gasteiger charge is 2.27. The third-order valence-electron chi connectivity index (χ3n) is 4.39. The van der Waals surface area contributed by atoms with E-state index in [0.29, 0.717) is 6.42 Å². The summed E-state index contributed by atoms with van der Waals surface area (Å²) in [5, 5.41) is 2.54. The van der Waals surface area contributed by atoms with E-state index in [9.17, 15) is 4.39 Å². The summed E-state index contributed by atoms with van der Waals surface area (Å²) >= 11 is 0. The zero-order chi connectivity index (χ0) is 12.8. The van der Waals surface area contributed by atoms with Gasteiger partial charge in [-0.2, -0.15) is 0 Å². The minimum Gasteiger partial charge on any atom is -0.212 e. The Morgan fingerprint density at radius 1 is 1.00 bits per heavy atom. The van der Waals surface area contributed by atoms with Crippen molar-refractivity contribution < 1.29 is 4.39 Å². The first-order valence-electron chi connectivity index (χ1n) is 6.93. The molecule has 1 atom stereocenters. The zero-order valence-corrected chi connectivity index (χ0v) is 10.7. The van der Waals surface area contributed by atoms with Gasteiger partial charge in [0.2, 0.25) is 0 Å². The molecule has 0 bridgehead atoms. The summed E-state index contributed by atoms with van der Waals surface area (Å²) in [7, 11) is 0. The highest BCUT2D eigenvalue weighted by Crippen LogP contribution is 2.44. The first-order valence-corrected chi connectivity index (χ1v) is 6.93. The fraction of sp³-hybridized carbons (Fsp3) is 0.222. The van der Waals surface area contributed by atoms with Crippen molar-refractivity contribution in [3.8, 4) is 0 Å². The summed E-state index contributed by atoms with van der Waals surface area (Å²) in [6, 6.07) is 12.8. The molecule has 0 fully saturated rings. The smallest absolute Gasteiger partial charge is 0.104 e. The molecule has 0 N–H and O–H groups in total. The van der Waals surface area contributed by atoms with Gasteiger partial charge in [0, 0.05) is 5.92 Å². The van der Waals surface area contributed by atoms with E-state index in [1.54, 1.807) is 0 Å². The number of fused-ring (bicyclic) bond motifs is 5. The van der Waals surface area contributed by atoms with Crippen molar-refractivity contribution in [1.82, 2.24) is 0 Å². The SMILES string of the molecule is FC1=C2C=Cc3c(ccc4ccccc34)C2CCC1. The van der Waals surface area contributed by atoms with Crippen LogP contribution in [0.1, 0.15) is 36.3 Å². The molecule has 0 radical (unpaired) electrons. The number of hydrogen-bond acceptors (Lipinski definition) is 0. The standard InChI is InChI=1S/C18H15F/c19-18-7-3-6-14-16-9-8-12-4-1-2-5-13(12)15(16)10-11-17(14)18/h1-2,4-5,8-11,14H,3,6-7H2. The van der Waals surface area contributed by atoms with Crippen LogP contribution in [-0.2, 0) is 0 Å². The predicted octanol–water partition coefficient (Wildman–Crippen LogP) is 5.36. The first-order chi connectivity index (χ1) is 9.34. The summed E-state index contributed by atoms with van der Waals surface area (Å²) in [5.41, 5.74) is 3.49. The Hall–Kier alpha value is -1.89. The molecule has 0 heterocycles. The lowest BCUT2D eigenvalue weighted by atomic mass is 9.76. The van der Waals surface area contributed by atoms with E-state index in [-0.39, 0.29) is 11.7 Å². The van der Waals surface area contributed by atoms with Crippen LogP contribution in [0.5, 0.6) is 0 Å². The molecule has 0 nitrogen and oxygen atoms in total. The van der Waals surface area contributed by atoms with Crippen molar-refractivity contribution >= 4 is 16.8 Å². The molecule has 2 aromatic rings. The molecule has 0 aromatic heterocycles. The number of halogens is 1. The van der Waals surface area contributed by atoms with Crippen LogP contribution in [0, 0.1) is 0 Å². The monoisotopic (exact) mass is 250 g/mol. The average molecular weight is 250 g/mol. The minimum absolute atomic E-state index is 0.0892. The maximum atomic E-state index is 14.0. The van der Waals surface area contributed by atoms with E-state index >= 15 is 0 Å². The molecule has 2 aliphatic rings. The van der Waals surface area contributed by atoms with E-state index in [2.05, 4.69) is 42.5 Å². The van der Waals surface area contributed by atoms with Crippen LogP contribution in [0.15, 0.2) is 53.9 Å². The molecule has 0 saturated heterocycles. The quantitative estimate of drug-likeness (QED) is 0.590. The van der Waals surface area contributed by atoms with Gasteiger partial charge in [0.05, 0.1) is 0 Å². The van der Waals surface area contributed by atoms with E-state index in [1.807, 2.05) is 6.08 Å². The molecule has 1 unspecified atom stereocenters. The maximum Gasteiger partial charge on any atom is 0.104 e. The predicted molar refractivity (Wildman–Crippen MR) is 77.7 cm³/mol. The van der Waals surface area contributed by atoms with Crippen LogP contribution in [0.2, 0.25) is 0 Å². The fourth-order valence-corrected chi connectivity index (χ4v) is 3.46. The molecular weight excluding hydrogens is 235 g/mol. The van der Waals surface area contributed by atoms with Gasteiger partial charge in [0.15, 0.2) is 0 Å². The molecule has 2 aliphatic carbocycles. The molecule has 0 saturated carbocycles. The van der Waals surface area contributed by atoms with Crippen molar-refractivity contribution in [2.75, 3.05) is 0 Å². The number of hydrogen-bond donors (Lipinski definition) is 0. The Kier molecular flexibility index (Phi) is 2.34. The second-order valence-electron chi connectivity index (χ2n) is 5.43. The van der Waals surface area contributed by atoms with Gasteiger partial charge in [-0.15, -0.1) is 0 Å². The lowest BCUT2D eigenvalue weighted by molar-refractivity contribution is 0.495. The first kappa shape index (κ1) is 11.0. The zero-order valence-electron chi connectivity index (χ0n) is 10.7. The molecule has 0 amide bonds. The van der Waals surface area contributed by atoms with Gasteiger partial charge in [0.1, 0.15) is 5.83 Å².